The summed E-state index contributed by atoms with van der Waals surface area (Å²) in [6, 6.07) is 11.2. The number of halogens is 3. The smallest absolute Gasteiger partial charge is 0.124 e. The van der Waals surface area contributed by atoms with Crippen molar-refractivity contribution in [2.45, 2.75) is 12.5 Å². The Bertz CT molecular complexity index is 617. The second kappa shape index (κ2) is 6.94. The molecule has 0 aliphatic carbocycles. The lowest BCUT2D eigenvalue weighted by Gasteiger charge is -2.16. The maximum absolute atomic E-state index is 10.4. The highest BCUT2D eigenvalue weighted by Gasteiger charge is 2.16. The Hall–Kier alpha value is -0.550. The molecule has 0 bridgehead atoms. The number of rotatable bonds is 4. The minimum atomic E-state index is -0.680. The van der Waals surface area contributed by atoms with Crippen LogP contribution in [0.4, 0.5) is 0 Å². The average Bonchev–Trinajstić information content (AvgIpc) is 2.41. The fourth-order valence-electron chi connectivity index (χ4n) is 1.97. The molecule has 2 aromatic carbocycles. The monoisotopic (exact) mass is 418 g/mol. The molecule has 2 rings (SSSR count). The van der Waals surface area contributed by atoms with Crippen LogP contribution in [0.15, 0.2) is 45.3 Å². The summed E-state index contributed by atoms with van der Waals surface area (Å²) in [5.74, 6) is 0.661. The minimum absolute atomic E-state index is 0.429. The van der Waals surface area contributed by atoms with Crippen LogP contribution in [-0.2, 0) is 6.42 Å². The predicted molar refractivity (Wildman–Crippen MR) is 88.5 cm³/mol. The van der Waals surface area contributed by atoms with Crippen LogP contribution in [0.5, 0.6) is 5.75 Å². The third-order valence-electron chi connectivity index (χ3n) is 2.98. The fourth-order valence-corrected chi connectivity index (χ4v) is 3.10. The maximum atomic E-state index is 10.4. The van der Waals surface area contributed by atoms with Crippen LogP contribution in [0.1, 0.15) is 17.2 Å². The van der Waals surface area contributed by atoms with Gasteiger partial charge in [0.2, 0.25) is 0 Å². The first-order chi connectivity index (χ1) is 9.51. The SMILES string of the molecule is COc1ccc(Br)cc1C(O)Cc1ccc(Br)cc1Cl. The topological polar surface area (TPSA) is 29.5 Å². The van der Waals surface area contributed by atoms with Crippen molar-refractivity contribution in [1.82, 2.24) is 0 Å². The van der Waals surface area contributed by atoms with Gasteiger partial charge in [0.15, 0.2) is 0 Å². The largest absolute Gasteiger partial charge is 0.496 e. The molecule has 2 aromatic rings. The average molecular weight is 421 g/mol. The van der Waals surface area contributed by atoms with Crippen LogP contribution in [0.2, 0.25) is 5.02 Å². The van der Waals surface area contributed by atoms with Gasteiger partial charge in [0.1, 0.15) is 5.75 Å². The summed E-state index contributed by atoms with van der Waals surface area (Å²) < 4.78 is 7.10. The predicted octanol–water partition coefficient (Wildman–Crippen LogP) is 5.15. The van der Waals surface area contributed by atoms with Crippen molar-refractivity contribution in [3.05, 3.63) is 61.5 Å². The summed E-state index contributed by atoms with van der Waals surface area (Å²) in [5.41, 5.74) is 1.63. The maximum Gasteiger partial charge on any atom is 0.124 e. The van der Waals surface area contributed by atoms with E-state index < -0.39 is 6.10 Å². The fraction of sp³-hybridized carbons (Fsp3) is 0.200. The lowest BCUT2D eigenvalue weighted by molar-refractivity contribution is 0.174. The third kappa shape index (κ3) is 3.76. The zero-order chi connectivity index (χ0) is 14.7. The van der Waals surface area contributed by atoms with E-state index in [0.29, 0.717) is 17.2 Å². The second-order valence-electron chi connectivity index (χ2n) is 4.34. The van der Waals surface area contributed by atoms with Crippen molar-refractivity contribution in [2.24, 2.45) is 0 Å². The zero-order valence-electron chi connectivity index (χ0n) is 10.7. The van der Waals surface area contributed by atoms with Crippen molar-refractivity contribution in [1.29, 1.82) is 0 Å². The van der Waals surface area contributed by atoms with Crippen molar-refractivity contribution < 1.29 is 9.84 Å². The molecule has 0 aliphatic rings. The van der Waals surface area contributed by atoms with Gasteiger partial charge < -0.3 is 9.84 Å². The minimum Gasteiger partial charge on any atom is -0.496 e. The van der Waals surface area contributed by atoms with Gasteiger partial charge in [0.05, 0.1) is 13.2 Å². The highest BCUT2D eigenvalue weighted by Crippen LogP contribution is 2.32. The lowest BCUT2D eigenvalue weighted by atomic mass is 10.0. The molecule has 1 unspecified atom stereocenters. The normalized spacial score (nSPS) is 12.2. The van der Waals surface area contributed by atoms with E-state index in [9.17, 15) is 5.11 Å². The van der Waals surface area contributed by atoms with Crippen LogP contribution < -0.4 is 4.74 Å². The summed E-state index contributed by atoms with van der Waals surface area (Å²) in [7, 11) is 1.59. The van der Waals surface area contributed by atoms with Gasteiger partial charge in [0.25, 0.3) is 0 Å². The lowest BCUT2D eigenvalue weighted by Crippen LogP contribution is -2.04. The first-order valence-corrected chi connectivity index (χ1v) is 7.93. The molecule has 0 heterocycles. The van der Waals surface area contributed by atoms with Gasteiger partial charge in [-0.1, -0.05) is 49.5 Å². The molecule has 0 amide bonds. The third-order valence-corrected chi connectivity index (χ3v) is 4.32. The number of aliphatic hydroxyl groups excluding tert-OH is 1. The van der Waals surface area contributed by atoms with E-state index in [1.165, 1.54) is 0 Å². The van der Waals surface area contributed by atoms with E-state index in [4.69, 9.17) is 16.3 Å². The van der Waals surface area contributed by atoms with Crippen LogP contribution in [0, 0.1) is 0 Å². The Kier molecular flexibility index (Phi) is 5.49. The summed E-state index contributed by atoms with van der Waals surface area (Å²) >= 11 is 13.0. The Labute approximate surface area is 140 Å². The zero-order valence-corrected chi connectivity index (χ0v) is 14.7. The quantitative estimate of drug-likeness (QED) is 0.741. The van der Waals surface area contributed by atoms with Crippen molar-refractivity contribution in [3.63, 3.8) is 0 Å². The van der Waals surface area contributed by atoms with E-state index in [2.05, 4.69) is 31.9 Å². The molecular weight excluding hydrogens is 407 g/mol. The molecule has 0 aliphatic heterocycles. The standard InChI is InChI=1S/C15H13Br2ClO2/c1-20-15-5-4-10(16)7-12(15)14(19)6-9-2-3-11(17)8-13(9)18/h2-5,7-8,14,19H,6H2,1H3. The van der Waals surface area contributed by atoms with E-state index >= 15 is 0 Å². The molecule has 5 heteroatoms. The first kappa shape index (κ1) is 15.8. The number of hydrogen-bond acceptors (Lipinski definition) is 2. The number of benzene rings is 2. The summed E-state index contributed by atoms with van der Waals surface area (Å²) in [4.78, 5) is 0. The molecule has 1 atom stereocenters. The van der Waals surface area contributed by atoms with E-state index in [1.807, 2.05) is 36.4 Å². The van der Waals surface area contributed by atoms with Gasteiger partial charge in [-0.3, -0.25) is 0 Å². The van der Waals surface area contributed by atoms with E-state index in [-0.39, 0.29) is 0 Å². The molecule has 20 heavy (non-hydrogen) atoms. The Balaban J connectivity index is 2.27. The summed E-state index contributed by atoms with van der Waals surface area (Å²) in [6.45, 7) is 0. The Morgan fingerprint density at radius 1 is 1.15 bits per heavy atom. The number of methoxy groups -OCH3 is 1. The van der Waals surface area contributed by atoms with Crippen LogP contribution in [0.3, 0.4) is 0 Å². The number of hydrogen-bond donors (Lipinski definition) is 1. The van der Waals surface area contributed by atoms with Gasteiger partial charge in [-0.2, -0.15) is 0 Å². The molecule has 1 N–H and O–H groups in total. The van der Waals surface area contributed by atoms with Crippen molar-refractivity contribution in [2.75, 3.05) is 7.11 Å². The van der Waals surface area contributed by atoms with Crippen LogP contribution in [-0.4, -0.2) is 12.2 Å². The van der Waals surface area contributed by atoms with Crippen molar-refractivity contribution in [3.8, 4) is 5.75 Å². The van der Waals surface area contributed by atoms with Crippen LogP contribution >= 0.6 is 43.5 Å². The summed E-state index contributed by atoms with van der Waals surface area (Å²) in [6.07, 6.45) is -0.250. The first-order valence-electron chi connectivity index (χ1n) is 5.96. The molecular formula is C15H13Br2ClO2. The number of ether oxygens (including phenoxy) is 1. The van der Waals surface area contributed by atoms with Gasteiger partial charge in [0, 0.05) is 26.0 Å². The van der Waals surface area contributed by atoms with E-state index in [0.717, 1.165) is 20.1 Å². The molecule has 0 saturated carbocycles. The number of aliphatic hydroxyl groups is 1. The van der Waals surface area contributed by atoms with Crippen LogP contribution in [0.25, 0.3) is 0 Å². The second-order valence-corrected chi connectivity index (χ2v) is 6.58. The van der Waals surface area contributed by atoms with Gasteiger partial charge in [-0.05, 0) is 35.9 Å². The van der Waals surface area contributed by atoms with Crippen molar-refractivity contribution >= 4 is 43.5 Å². The highest BCUT2D eigenvalue weighted by atomic mass is 79.9. The van der Waals surface area contributed by atoms with E-state index in [1.54, 1.807) is 7.11 Å². The molecule has 0 fully saturated rings. The van der Waals surface area contributed by atoms with Gasteiger partial charge >= 0.3 is 0 Å². The van der Waals surface area contributed by atoms with Gasteiger partial charge in [-0.25, -0.2) is 0 Å². The highest BCUT2D eigenvalue weighted by molar-refractivity contribution is 9.10. The Morgan fingerprint density at radius 3 is 2.45 bits per heavy atom. The molecule has 0 spiro atoms. The molecule has 0 radical (unpaired) electrons. The molecule has 106 valence electrons. The Morgan fingerprint density at radius 2 is 1.80 bits per heavy atom. The molecule has 2 nitrogen and oxygen atoms in total. The van der Waals surface area contributed by atoms with Gasteiger partial charge in [-0.15, -0.1) is 0 Å². The molecule has 0 aromatic heterocycles. The molecule has 0 saturated heterocycles. The summed E-state index contributed by atoms with van der Waals surface area (Å²) in [5, 5.41) is 11.1.